The van der Waals surface area contributed by atoms with Gasteiger partial charge in [0.05, 0.1) is 22.1 Å². The van der Waals surface area contributed by atoms with Crippen molar-refractivity contribution in [2.24, 2.45) is 0 Å². The lowest BCUT2D eigenvalue weighted by Gasteiger charge is -2.09. The summed E-state index contributed by atoms with van der Waals surface area (Å²) in [6.45, 7) is 8.64. The van der Waals surface area contributed by atoms with E-state index in [-0.39, 0.29) is 0 Å². The summed E-state index contributed by atoms with van der Waals surface area (Å²) in [5.41, 5.74) is 8.96. The molecule has 4 heterocycles. The van der Waals surface area contributed by atoms with E-state index in [2.05, 4.69) is 122 Å². The molecule has 0 atom stereocenters. The molecule has 4 aromatic carbocycles. The average molecular weight is 573 g/mol. The Morgan fingerprint density at radius 1 is 0.432 bits per heavy atom. The van der Waals surface area contributed by atoms with Crippen molar-refractivity contribution in [1.29, 1.82) is 0 Å². The van der Waals surface area contributed by atoms with Gasteiger partial charge < -0.3 is 0 Å². The third kappa shape index (κ3) is 4.09. The average Bonchev–Trinajstić information content (AvgIpc) is 3.57. The molecule has 8 rings (SSSR count). The molecule has 0 spiro atoms. The maximum absolute atomic E-state index is 4.77. The van der Waals surface area contributed by atoms with E-state index in [0.717, 1.165) is 44.3 Å². The standard InChI is InChI=1S/C38H32N6/c1-23(2)27-19-39-37(40-20-27)43-33-11-7-5-9-29(33)31-17-25(13-15-35(31)43)26-14-16-36-32(18-26)30-10-6-8-12-34(30)44(36)38-41-21-28(22-42-38)24(3)4/h5-24H,1-4H3. The second-order valence-corrected chi connectivity index (χ2v) is 12.1. The van der Waals surface area contributed by atoms with E-state index < -0.39 is 0 Å². The predicted octanol–water partition coefficient (Wildman–Crippen LogP) is 9.37. The molecule has 0 saturated heterocycles. The Bertz CT molecular complexity index is 2160. The SMILES string of the molecule is CC(C)c1cnc(-n2c3ccccc3c3cc(-c4ccc5c(c4)c4ccccc4n5-c4ncc(C(C)C)cn4)ccc32)nc1. The van der Waals surface area contributed by atoms with E-state index in [1.54, 1.807) is 0 Å². The third-order valence-corrected chi connectivity index (χ3v) is 8.73. The van der Waals surface area contributed by atoms with Crippen LogP contribution in [0, 0.1) is 0 Å². The van der Waals surface area contributed by atoms with Crippen LogP contribution in [0.1, 0.15) is 50.7 Å². The maximum atomic E-state index is 4.77. The highest BCUT2D eigenvalue weighted by Crippen LogP contribution is 2.37. The minimum Gasteiger partial charge on any atom is -0.278 e. The summed E-state index contributed by atoms with van der Waals surface area (Å²) in [6, 6.07) is 30.4. The van der Waals surface area contributed by atoms with Crippen molar-refractivity contribution < 1.29 is 0 Å². The number of benzene rings is 4. The van der Waals surface area contributed by atoms with Crippen molar-refractivity contribution in [3.63, 3.8) is 0 Å². The minimum absolute atomic E-state index is 0.383. The second-order valence-electron chi connectivity index (χ2n) is 12.1. The first-order valence-electron chi connectivity index (χ1n) is 15.2. The largest absolute Gasteiger partial charge is 0.278 e. The Labute approximate surface area is 255 Å². The number of rotatable bonds is 5. The van der Waals surface area contributed by atoms with Crippen LogP contribution in [-0.2, 0) is 0 Å². The highest BCUT2D eigenvalue weighted by molar-refractivity contribution is 6.12. The van der Waals surface area contributed by atoms with Crippen molar-refractivity contribution in [3.05, 3.63) is 121 Å². The first kappa shape index (κ1) is 26.3. The molecule has 44 heavy (non-hydrogen) atoms. The van der Waals surface area contributed by atoms with Gasteiger partial charge in [0.2, 0.25) is 11.9 Å². The predicted molar refractivity (Wildman–Crippen MR) is 180 cm³/mol. The lowest BCUT2D eigenvalue weighted by Crippen LogP contribution is -2.02. The molecular weight excluding hydrogens is 540 g/mol. The van der Waals surface area contributed by atoms with Crippen molar-refractivity contribution >= 4 is 43.6 Å². The van der Waals surface area contributed by atoms with Crippen molar-refractivity contribution in [2.75, 3.05) is 0 Å². The molecule has 6 nitrogen and oxygen atoms in total. The van der Waals surface area contributed by atoms with Crippen LogP contribution in [0.2, 0.25) is 0 Å². The molecule has 0 aliphatic carbocycles. The smallest absolute Gasteiger partial charge is 0.234 e. The molecule has 4 aromatic heterocycles. The molecule has 0 aliphatic rings. The number of hydrogen-bond acceptors (Lipinski definition) is 4. The van der Waals surface area contributed by atoms with Crippen LogP contribution in [-0.4, -0.2) is 29.1 Å². The van der Waals surface area contributed by atoms with Gasteiger partial charge in [-0.2, -0.15) is 0 Å². The Morgan fingerprint density at radius 2 is 0.795 bits per heavy atom. The van der Waals surface area contributed by atoms with Crippen LogP contribution in [0.15, 0.2) is 110 Å². The van der Waals surface area contributed by atoms with Crippen LogP contribution < -0.4 is 0 Å². The molecule has 0 amide bonds. The Balaban J connectivity index is 1.29. The van der Waals surface area contributed by atoms with E-state index in [9.17, 15) is 0 Å². The monoisotopic (exact) mass is 572 g/mol. The number of nitrogens with zero attached hydrogens (tertiary/aromatic N) is 6. The van der Waals surface area contributed by atoms with E-state index in [4.69, 9.17) is 19.9 Å². The maximum Gasteiger partial charge on any atom is 0.234 e. The lowest BCUT2D eigenvalue weighted by atomic mass is 10.0. The number of fused-ring (bicyclic) bond motifs is 6. The molecular formula is C38H32N6. The molecule has 8 aromatic rings. The van der Waals surface area contributed by atoms with E-state index in [0.29, 0.717) is 23.7 Å². The summed E-state index contributed by atoms with van der Waals surface area (Å²) in [5, 5.41) is 4.72. The van der Waals surface area contributed by atoms with Gasteiger partial charge in [-0.1, -0.05) is 76.2 Å². The molecule has 0 saturated carbocycles. The van der Waals surface area contributed by atoms with Crippen molar-refractivity contribution in [3.8, 4) is 23.0 Å². The number of para-hydroxylation sites is 2. The molecule has 0 unspecified atom stereocenters. The van der Waals surface area contributed by atoms with E-state index in [1.165, 1.54) is 21.5 Å². The topological polar surface area (TPSA) is 61.4 Å². The summed E-state index contributed by atoms with van der Waals surface area (Å²) in [6.07, 6.45) is 7.77. The van der Waals surface area contributed by atoms with Gasteiger partial charge in [0.25, 0.3) is 0 Å². The quantitative estimate of drug-likeness (QED) is 0.206. The second kappa shape index (κ2) is 10.1. The Kier molecular flexibility index (Phi) is 6.05. The molecule has 6 heteroatoms. The zero-order valence-electron chi connectivity index (χ0n) is 25.2. The summed E-state index contributed by atoms with van der Waals surface area (Å²) >= 11 is 0. The van der Waals surface area contributed by atoms with Gasteiger partial charge >= 0.3 is 0 Å². The third-order valence-electron chi connectivity index (χ3n) is 8.73. The summed E-state index contributed by atoms with van der Waals surface area (Å²) in [7, 11) is 0. The van der Waals surface area contributed by atoms with Gasteiger partial charge in [-0.15, -0.1) is 0 Å². The van der Waals surface area contributed by atoms with Crippen molar-refractivity contribution in [1.82, 2.24) is 29.1 Å². The molecule has 0 fully saturated rings. The molecule has 0 aliphatic heterocycles. The summed E-state index contributed by atoms with van der Waals surface area (Å²) < 4.78 is 4.33. The number of hydrogen-bond donors (Lipinski definition) is 0. The normalized spacial score (nSPS) is 12.0. The van der Waals surface area contributed by atoms with Gasteiger partial charge in [-0.25, -0.2) is 19.9 Å². The molecule has 0 radical (unpaired) electrons. The fraction of sp³-hybridized carbons (Fsp3) is 0.158. The highest BCUT2D eigenvalue weighted by atomic mass is 15.2. The first-order chi connectivity index (χ1) is 21.5. The zero-order valence-corrected chi connectivity index (χ0v) is 25.2. The fourth-order valence-corrected chi connectivity index (χ4v) is 6.23. The molecule has 214 valence electrons. The van der Waals surface area contributed by atoms with Gasteiger partial charge in [-0.3, -0.25) is 9.13 Å². The van der Waals surface area contributed by atoms with E-state index in [1.807, 2.05) is 24.8 Å². The van der Waals surface area contributed by atoms with Gasteiger partial charge in [0.15, 0.2) is 0 Å². The Hall–Kier alpha value is -5.36. The van der Waals surface area contributed by atoms with Gasteiger partial charge in [-0.05, 0) is 70.5 Å². The van der Waals surface area contributed by atoms with E-state index >= 15 is 0 Å². The van der Waals surface area contributed by atoms with Crippen LogP contribution in [0.25, 0.3) is 66.6 Å². The van der Waals surface area contributed by atoms with Gasteiger partial charge in [0.1, 0.15) is 0 Å². The van der Waals surface area contributed by atoms with Gasteiger partial charge in [0, 0.05) is 46.3 Å². The summed E-state index contributed by atoms with van der Waals surface area (Å²) in [5.74, 6) is 2.14. The molecule has 0 bridgehead atoms. The van der Waals surface area contributed by atoms with Crippen LogP contribution >= 0.6 is 0 Å². The minimum atomic E-state index is 0.383. The van der Waals surface area contributed by atoms with Crippen molar-refractivity contribution in [2.45, 2.75) is 39.5 Å². The van der Waals surface area contributed by atoms with Crippen LogP contribution in [0.4, 0.5) is 0 Å². The lowest BCUT2D eigenvalue weighted by molar-refractivity contribution is 0.835. The number of aromatic nitrogens is 6. The Morgan fingerprint density at radius 3 is 1.18 bits per heavy atom. The fourth-order valence-electron chi connectivity index (χ4n) is 6.23. The molecule has 0 N–H and O–H groups in total. The highest BCUT2D eigenvalue weighted by Gasteiger charge is 2.18. The first-order valence-corrected chi connectivity index (χ1v) is 15.2. The summed E-state index contributed by atoms with van der Waals surface area (Å²) in [4.78, 5) is 19.1. The van der Waals surface area contributed by atoms with Crippen LogP contribution in [0.5, 0.6) is 0 Å². The zero-order chi connectivity index (χ0) is 29.9. The van der Waals surface area contributed by atoms with Crippen LogP contribution in [0.3, 0.4) is 0 Å².